The van der Waals surface area contributed by atoms with Gasteiger partial charge in [0.25, 0.3) is 5.91 Å². The average molecular weight is 296 g/mol. The van der Waals surface area contributed by atoms with Crippen LogP contribution in [0.25, 0.3) is 0 Å². The van der Waals surface area contributed by atoms with Crippen molar-refractivity contribution in [2.45, 2.75) is 19.4 Å². The minimum Gasteiger partial charge on any atom is -0.481 e. The Morgan fingerprint density at radius 2 is 2.29 bits per heavy atom. The predicted octanol–water partition coefficient (Wildman–Crippen LogP) is 1.17. The van der Waals surface area contributed by atoms with Crippen LogP contribution >= 0.6 is 0 Å². The lowest BCUT2D eigenvalue weighted by molar-refractivity contribution is -0.142. The second-order valence-corrected chi connectivity index (χ2v) is 4.89. The maximum Gasteiger partial charge on any atom is 0.311 e. The number of carboxylic acids is 1. The van der Waals surface area contributed by atoms with Crippen LogP contribution in [0.3, 0.4) is 0 Å². The zero-order chi connectivity index (χ0) is 15.4. The standard InChI is InChI=1S/C14H17FN2O4/c1-2-6-17(11-8-21-7-10(11)14(19)20)13(18)9-4-3-5-16-12(9)15/h3-5,10-11H,2,6-8H2,1H3,(H,19,20). The summed E-state index contributed by atoms with van der Waals surface area (Å²) in [5, 5.41) is 9.20. The van der Waals surface area contributed by atoms with Crippen molar-refractivity contribution in [3.05, 3.63) is 29.8 Å². The molecule has 1 saturated heterocycles. The van der Waals surface area contributed by atoms with Gasteiger partial charge in [0.2, 0.25) is 5.95 Å². The number of pyridine rings is 1. The van der Waals surface area contributed by atoms with Gasteiger partial charge in [-0.15, -0.1) is 0 Å². The summed E-state index contributed by atoms with van der Waals surface area (Å²) in [6.07, 6.45) is 1.89. The van der Waals surface area contributed by atoms with Crippen molar-refractivity contribution in [2.75, 3.05) is 19.8 Å². The first kappa shape index (κ1) is 15.4. The van der Waals surface area contributed by atoms with Gasteiger partial charge in [-0.05, 0) is 18.6 Å². The first-order valence-electron chi connectivity index (χ1n) is 6.78. The molecule has 1 aliphatic heterocycles. The highest BCUT2D eigenvalue weighted by Crippen LogP contribution is 2.23. The largest absolute Gasteiger partial charge is 0.481 e. The quantitative estimate of drug-likeness (QED) is 0.825. The van der Waals surface area contributed by atoms with E-state index in [4.69, 9.17) is 4.74 Å². The van der Waals surface area contributed by atoms with Crippen LogP contribution in [0.1, 0.15) is 23.7 Å². The van der Waals surface area contributed by atoms with E-state index in [0.717, 1.165) is 0 Å². The molecule has 1 fully saturated rings. The van der Waals surface area contributed by atoms with Gasteiger partial charge in [-0.25, -0.2) is 4.98 Å². The summed E-state index contributed by atoms with van der Waals surface area (Å²) in [7, 11) is 0. The van der Waals surface area contributed by atoms with Crippen LogP contribution in [0.15, 0.2) is 18.3 Å². The van der Waals surface area contributed by atoms with E-state index in [1.54, 1.807) is 0 Å². The number of hydrogen-bond acceptors (Lipinski definition) is 4. The van der Waals surface area contributed by atoms with Crippen molar-refractivity contribution in [3.8, 4) is 0 Å². The number of ether oxygens (including phenoxy) is 1. The Morgan fingerprint density at radius 1 is 1.52 bits per heavy atom. The molecule has 1 amide bonds. The molecular formula is C14H17FN2O4. The van der Waals surface area contributed by atoms with Crippen molar-refractivity contribution >= 4 is 11.9 Å². The van der Waals surface area contributed by atoms with Gasteiger partial charge < -0.3 is 14.7 Å². The number of aliphatic carboxylic acids is 1. The van der Waals surface area contributed by atoms with Gasteiger partial charge in [-0.2, -0.15) is 4.39 Å². The first-order valence-corrected chi connectivity index (χ1v) is 6.78. The monoisotopic (exact) mass is 296 g/mol. The maximum absolute atomic E-state index is 13.7. The molecule has 6 nitrogen and oxygen atoms in total. The summed E-state index contributed by atoms with van der Waals surface area (Å²) in [4.78, 5) is 28.6. The van der Waals surface area contributed by atoms with E-state index in [0.29, 0.717) is 13.0 Å². The van der Waals surface area contributed by atoms with Gasteiger partial charge in [0.1, 0.15) is 5.92 Å². The molecule has 0 radical (unpaired) electrons. The molecule has 21 heavy (non-hydrogen) atoms. The summed E-state index contributed by atoms with van der Waals surface area (Å²) in [6.45, 7) is 2.41. The number of aromatic nitrogens is 1. The molecule has 0 spiro atoms. The molecule has 2 unspecified atom stereocenters. The van der Waals surface area contributed by atoms with Crippen LogP contribution in [0.4, 0.5) is 4.39 Å². The molecule has 0 bridgehead atoms. The summed E-state index contributed by atoms with van der Waals surface area (Å²) < 4.78 is 18.9. The molecule has 1 aromatic rings. The fourth-order valence-electron chi connectivity index (χ4n) is 2.45. The van der Waals surface area contributed by atoms with Gasteiger partial charge in [-0.3, -0.25) is 9.59 Å². The molecule has 0 aliphatic carbocycles. The van der Waals surface area contributed by atoms with Crippen LogP contribution in [-0.2, 0) is 9.53 Å². The molecule has 0 saturated carbocycles. The SMILES string of the molecule is CCCN(C(=O)c1cccnc1F)C1COCC1C(=O)O. The van der Waals surface area contributed by atoms with E-state index in [1.807, 2.05) is 6.92 Å². The zero-order valence-electron chi connectivity index (χ0n) is 11.7. The topological polar surface area (TPSA) is 79.7 Å². The Morgan fingerprint density at radius 3 is 2.90 bits per heavy atom. The fourth-order valence-corrected chi connectivity index (χ4v) is 2.45. The summed E-state index contributed by atoms with van der Waals surface area (Å²) in [6, 6.07) is 2.23. The lowest BCUT2D eigenvalue weighted by Crippen LogP contribution is -2.47. The molecule has 2 rings (SSSR count). The molecule has 7 heteroatoms. The van der Waals surface area contributed by atoms with Crippen molar-refractivity contribution < 1.29 is 23.8 Å². The molecule has 1 aromatic heterocycles. The van der Waals surface area contributed by atoms with Gasteiger partial charge in [0.15, 0.2) is 0 Å². The second kappa shape index (κ2) is 6.62. The lowest BCUT2D eigenvalue weighted by Gasteiger charge is -2.30. The predicted molar refractivity (Wildman–Crippen MR) is 71.3 cm³/mol. The second-order valence-electron chi connectivity index (χ2n) is 4.89. The summed E-state index contributed by atoms with van der Waals surface area (Å²) in [5.74, 6) is -3.21. The maximum atomic E-state index is 13.7. The van der Waals surface area contributed by atoms with Crippen molar-refractivity contribution in [2.24, 2.45) is 5.92 Å². The number of nitrogens with zero attached hydrogens (tertiary/aromatic N) is 2. The number of carbonyl (C=O) groups excluding carboxylic acids is 1. The molecule has 2 atom stereocenters. The van der Waals surface area contributed by atoms with E-state index < -0.39 is 29.8 Å². The number of amides is 1. The Kier molecular flexibility index (Phi) is 4.85. The highest BCUT2D eigenvalue weighted by molar-refractivity contribution is 5.94. The van der Waals surface area contributed by atoms with Crippen molar-refractivity contribution in [1.29, 1.82) is 0 Å². The van der Waals surface area contributed by atoms with Crippen LogP contribution in [0.2, 0.25) is 0 Å². The minimum atomic E-state index is -1.02. The number of carbonyl (C=O) groups is 2. The minimum absolute atomic E-state index is 0.0585. The van der Waals surface area contributed by atoms with E-state index in [9.17, 15) is 19.1 Å². The first-order chi connectivity index (χ1) is 10.1. The normalized spacial score (nSPS) is 21.2. The highest BCUT2D eigenvalue weighted by atomic mass is 19.1. The number of halogens is 1. The highest BCUT2D eigenvalue weighted by Gasteiger charge is 2.40. The third-order valence-corrected chi connectivity index (χ3v) is 3.48. The van der Waals surface area contributed by atoms with Crippen LogP contribution in [0.5, 0.6) is 0 Å². The Hall–Kier alpha value is -2.02. The lowest BCUT2D eigenvalue weighted by atomic mass is 10.0. The van der Waals surface area contributed by atoms with E-state index in [-0.39, 0.29) is 18.8 Å². The summed E-state index contributed by atoms with van der Waals surface area (Å²) in [5.41, 5.74) is -0.151. The van der Waals surface area contributed by atoms with Crippen LogP contribution < -0.4 is 0 Å². The van der Waals surface area contributed by atoms with Crippen molar-refractivity contribution in [3.63, 3.8) is 0 Å². The van der Waals surface area contributed by atoms with Crippen LogP contribution in [0, 0.1) is 11.9 Å². The zero-order valence-corrected chi connectivity index (χ0v) is 11.7. The Balaban J connectivity index is 2.28. The van der Waals surface area contributed by atoms with E-state index in [1.165, 1.54) is 23.2 Å². The third kappa shape index (κ3) is 3.18. The molecule has 0 aromatic carbocycles. The van der Waals surface area contributed by atoms with E-state index >= 15 is 0 Å². The number of rotatable bonds is 5. The van der Waals surface area contributed by atoms with Gasteiger partial charge in [0, 0.05) is 12.7 Å². The Labute approximate surface area is 121 Å². The molecular weight excluding hydrogens is 279 g/mol. The summed E-state index contributed by atoms with van der Waals surface area (Å²) >= 11 is 0. The van der Waals surface area contributed by atoms with Gasteiger partial charge in [0.05, 0.1) is 24.8 Å². The average Bonchev–Trinajstić information content (AvgIpc) is 2.94. The number of hydrogen-bond donors (Lipinski definition) is 1. The van der Waals surface area contributed by atoms with Gasteiger partial charge in [-0.1, -0.05) is 6.92 Å². The fraction of sp³-hybridized carbons (Fsp3) is 0.500. The molecule has 1 N–H and O–H groups in total. The van der Waals surface area contributed by atoms with Crippen molar-refractivity contribution in [1.82, 2.24) is 9.88 Å². The molecule has 1 aliphatic rings. The molecule has 2 heterocycles. The third-order valence-electron chi connectivity index (χ3n) is 3.48. The smallest absolute Gasteiger partial charge is 0.311 e. The molecule has 114 valence electrons. The number of carboxylic acid groups (broad SMARTS) is 1. The van der Waals surface area contributed by atoms with Gasteiger partial charge >= 0.3 is 5.97 Å². The Bertz CT molecular complexity index is 537. The van der Waals surface area contributed by atoms with E-state index in [2.05, 4.69) is 4.98 Å². The van der Waals surface area contributed by atoms with Crippen LogP contribution in [-0.4, -0.2) is 52.7 Å².